The van der Waals surface area contributed by atoms with Crippen molar-refractivity contribution in [3.8, 4) is 0 Å². The van der Waals surface area contributed by atoms with Crippen LogP contribution >= 0.6 is 0 Å². The molecule has 0 aliphatic carbocycles. The highest BCUT2D eigenvalue weighted by Gasteiger charge is 2.50. The highest BCUT2D eigenvalue weighted by Crippen LogP contribution is 2.37. The molecule has 0 bridgehead atoms. The Bertz CT molecular complexity index is 688. The van der Waals surface area contributed by atoms with Crippen molar-refractivity contribution in [3.63, 3.8) is 0 Å². The molecule has 0 amide bonds. The average Bonchev–Trinajstić information content (AvgIpc) is 2.68. The number of hydrogen-bond acceptors (Lipinski definition) is 5. The molecule has 0 unspecified atom stereocenters. The molecule has 0 aromatic rings. The predicted molar refractivity (Wildman–Crippen MR) is 177 cm³/mol. The van der Waals surface area contributed by atoms with E-state index in [2.05, 4.69) is 108 Å². The number of rotatable bonds is 20. The van der Waals surface area contributed by atoms with Crippen LogP contribution in [0.25, 0.3) is 0 Å². The Hall–Kier alpha value is 0.668. The molecule has 230 valence electrons. The van der Waals surface area contributed by atoms with Crippen LogP contribution in [0, 0.1) is 0 Å². The van der Waals surface area contributed by atoms with E-state index in [4.69, 9.17) is 22.8 Å². The van der Waals surface area contributed by atoms with E-state index in [0.717, 1.165) is 38.5 Å². The van der Waals surface area contributed by atoms with E-state index in [-0.39, 0.29) is 21.7 Å². The zero-order valence-corrected chi connectivity index (χ0v) is 32.9. The molecule has 0 aromatic carbocycles. The first kappa shape index (κ1) is 38.7. The highest BCUT2D eigenvalue weighted by atomic mass is 28.4. The third-order valence-corrected chi connectivity index (χ3v) is 22.0. The van der Waals surface area contributed by atoms with Gasteiger partial charge < -0.3 is 22.8 Å². The van der Waals surface area contributed by atoms with Gasteiger partial charge in [-0.25, -0.2) is 0 Å². The van der Waals surface area contributed by atoms with Gasteiger partial charge in [0.25, 0.3) is 0 Å². The molecule has 0 spiro atoms. The van der Waals surface area contributed by atoms with Crippen LogP contribution in [0.2, 0.25) is 64.5 Å². The van der Waals surface area contributed by atoms with Gasteiger partial charge in [-0.2, -0.15) is 0 Å². The van der Waals surface area contributed by atoms with Crippen LogP contribution in [-0.2, 0) is 22.8 Å². The van der Waals surface area contributed by atoms with Crippen LogP contribution in [0.3, 0.4) is 0 Å². The zero-order chi connectivity index (χ0) is 30.3. The second kappa shape index (κ2) is 14.7. The Morgan fingerprint density at radius 1 is 0.632 bits per heavy atom. The van der Waals surface area contributed by atoms with Crippen LogP contribution < -0.4 is 0 Å². The van der Waals surface area contributed by atoms with Crippen LogP contribution in [-0.4, -0.2) is 75.7 Å². The van der Waals surface area contributed by atoms with Crippen molar-refractivity contribution in [2.45, 2.75) is 167 Å². The summed E-state index contributed by atoms with van der Waals surface area (Å²) in [5.41, 5.74) is -0.303. The van der Waals surface area contributed by atoms with Gasteiger partial charge in [0.15, 0.2) is 17.4 Å². The van der Waals surface area contributed by atoms with Crippen molar-refractivity contribution in [1.82, 2.24) is 0 Å². The first-order valence-electron chi connectivity index (χ1n) is 15.0. The molecule has 5 nitrogen and oxygen atoms in total. The molecule has 38 heavy (non-hydrogen) atoms. The van der Waals surface area contributed by atoms with Gasteiger partial charge in [0.2, 0.25) is 8.32 Å². The van der Waals surface area contributed by atoms with Crippen molar-refractivity contribution in [3.05, 3.63) is 0 Å². The maximum atomic E-state index is 7.05. The lowest BCUT2D eigenvalue weighted by molar-refractivity contribution is -0.0744. The lowest BCUT2D eigenvalue weighted by Crippen LogP contribution is -2.64. The molecule has 0 saturated heterocycles. The summed E-state index contributed by atoms with van der Waals surface area (Å²) in [6.45, 7) is 38.2. The molecule has 0 heterocycles. The number of ether oxygens (including phenoxy) is 2. The summed E-state index contributed by atoms with van der Waals surface area (Å²) in [6, 6.07) is 2.36. The van der Waals surface area contributed by atoms with E-state index in [0.29, 0.717) is 0 Å². The normalized spacial score (nSPS) is 15.0. The van der Waals surface area contributed by atoms with Crippen LogP contribution in [0.4, 0.5) is 0 Å². The van der Waals surface area contributed by atoms with Crippen LogP contribution in [0.1, 0.15) is 81.1 Å². The molecule has 0 saturated carbocycles. The molecule has 0 fully saturated rings. The summed E-state index contributed by atoms with van der Waals surface area (Å²) in [5, 5.41) is -0.278. The smallest absolute Gasteiger partial charge is 0.216 e. The van der Waals surface area contributed by atoms with Gasteiger partial charge in [-0.3, -0.25) is 0 Å². The molecular weight excluding hydrogens is 541 g/mol. The topological polar surface area (TPSA) is 46.2 Å². The fourth-order valence-electron chi connectivity index (χ4n) is 4.55. The fourth-order valence-corrected chi connectivity index (χ4v) is 13.8. The van der Waals surface area contributed by atoms with Gasteiger partial charge >= 0.3 is 0 Å². The highest BCUT2D eigenvalue weighted by molar-refractivity contribution is 6.82. The van der Waals surface area contributed by atoms with Crippen LogP contribution in [0.15, 0.2) is 0 Å². The Kier molecular flexibility index (Phi) is 15.0. The second-order valence-corrected chi connectivity index (χ2v) is 32.2. The molecule has 0 aromatic heterocycles. The lowest BCUT2D eigenvalue weighted by atomic mass is 10.0. The van der Waals surface area contributed by atoms with E-state index < -0.39 is 33.7 Å². The fraction of sp³-hybridized carbons (Fsp3) is 1.00. The lowest BCUT2D eigenvalue weighted by Gasteiger charge is -2.50. The standard InChI is InChI=1S/C29H68O5Si4/c1-26(2,32-23-21-27(3,4)31-22-19-25-37(14,15)30-9)20-18-24-36(12,13)29(7,8)34-38(16,17)28(5,6)33-35(10)11/h35H,18-25H2,1-17H3. The molecule has 0 radical (unpaired) electrons. The summed E-state index contributed by atoms with van der Waals surface area (Å²) < 4.78 is 31.8. The first-order chi connectivity index (χ1) is 16.8. The van der Waals surface area contributed by atoms with E-state index in [1.165, 1.54) is 12.5 Å². The third-order valence-electron chi connectivity index (χ3n) is 8.87. The quantitative estimate of drug-likeness (QED) is 0.102. The molecule has 0 atom stereocenters. The Morgan fingerprint density at radius 3 is 1.63 bits per heavy atom. The van der Waals surface area contributed by atoms with Crippen molar-refractivity contribution in [2.24, 2.45) is 0 Å². The van der Waals surface area contributed by atoms with Gasteiger partial charge in [-0.1, -0.05) is 25.6 Å². The Morgan fingerprint density at radius 2 is 1.13 bits per heavy atom. The second-order valence-electron chi connectivity index (χ2n) is 15.6. The maximum absolute atomic E-state index is 7.05. The zero-order valence-electron chi connectivity index (χ0n) is 28.8. The third kappa shape index (κ3) is 14.0. The number of hydrogen-bond donors (Lipinski definition) is 0. The monoisotopic (exact) mass is 608 g/mol. The molecular formula is C29H68O5Si4. The summed E-state index contributed by atoms with van der Waals surface area (Å²) in [7, 11) is -4.54. The summed E-state index contributed by atoms with van der Waals surface area (Å²) >= 11 is 0. The van der Waals surface area contributed by atoms with Gasteiger partial charge in [0.05, 0.1) is 31.1 Å². The molecule has 0 aliphatic rings. The summed E-state index contributed by atoms with van der Waals surface area (Å²) in [6.07, 6.45) is 4.19. The maximum Gasteiger partial charge on any atom is 0.216 e. The van der Waals surface area contributed by atoms with Crippen molar-refractivity contribution < 1.29 is 22.8 Å². The minimum atomic E-state index is -2.07. The molecule has 9 heteroatoms. The Labute approximate surface area is 243 Å². The van der Waals surface area contributed by atoms with Crippen molar-refractivity contribution >= 4 is 33.7 Å². The van der Waals surface area contributed by atoms with Gasteiger partial charge in [-0.05, 0) is 120 Å². The largest absolute Gasteiger partial charge is 0.420 e. The van der Waals surface area contributed by atoms with E-state index in [1.807, 2.05) is 7.11 Å². The predicted octanol–water partition coefficient (Wildman–Crippen LogP) is 8.55. The van der Waals surface area contributed by atoms with E-state index in [9.17, 15) is 0 Å². The first-order valence-corrected chi connectivity index (χ1v) is 27.0. The SMILES string of the molecule is CO[Si](C)(C)CCCOC(C)(C)CCOC(C)(C)CCC[Si](C)(C)C(C)(C)O[Si](C)(C)C(C)(C)O[SiH](C)C. The van der Waals surface area contributed by atoms with E-state index >= 15 is 0 Å². The van der Waals surface area contributed by atoms with Crippen molar-refractivity contribution in [2.75, 3.05) is 20.3 Å². The Balaban J connectivity index is 4.74. The minimum absolute atomic E-state index is 0.102. The van der Waals surface area contributed by atoms with Gasteiger partial charge in [0.1, 0.15) is 0 Å². The van der Waals surface area contributed by atoms with Crippen molar-refractivity contribution in [1.29, 1.82) is 0 Å². The minimum Gasteiger partial charge on any atom is -0.420 e. The molecule has 0 aliphatic heterocycles. The molecule has 0 rings (SSSR count). The average molecular weight is 609 g/mol. The summed E-state index contributed by atoms with van der Waals surface area (Å²) in [5.74, 6) is 0. The molecule has 0 N–H and O–H groups in total. The van der Waals surface area contributed by atoms with Crippen LogP contribution in [0.5, 0.6) is 0 Å². The van der Waals surface area contributed by atoms with Gasteiger partial charge in [-0.15, -0.1) is 0 Å². The summed E-state index contributed by atoms with van der Waals surface area (Å²) in [4.78, 5) is 0. The van der Waals surface area contributed by atoms with Gasteiger partial charge in [0, 0.05) is 18.9 Å². The van der Waals surface area contributed by atoms with E-state index in [1.54, 1.807) is 0 Å².